The molecule has 0 saturated carbocycles. The second kappa shape index (κ2) is 3.93. The van der Waals surface area contributed by atoms with Crippen molar-refractivity contribution in [3.05, 3.63) is 48.3 Å². The van der Waals surface area contributed by atoms with Gasteiger partial charge in [-0.3, -0.25) is 0 Å². The van der Waals surface area contributed by atoms with Gasteiger partial charge < -0.3 is 5.73 Å². The summed E-state index contributed by atoms with van der Waals surface area (Å²) in [7, 11) is 0. The minimum atomic E-state index is -0.225. The van der Waals surface area contributed by atoms with Crippen LogP contribution in [0.5, 0.6) is 0 Å². The van der Waals surface area contributed by atoms with Crippen molar-refractivity contribution >= 4 is 0 Å². The molecule has 0 saturated heterocycles. The molecule has 0 fully saturated rings. The fourth-order valence-corrected chi connectivity index (χ4v) is 1.37. The van der Waals surface area contributed by atoms with E-state index in [4.69, 9.17) is 5.73 Å². The standard InChI is InChI=1S/C12H16FN/c1-4-11(14)12(2,3)9-5-7-10(13)8-6-9/h4-8,11H,1,14H2,2-3H3. The quantitative estimate of drug-likeness (QED) is 0.734. The van der Waals surface area contributed by atoms with Crippen LogP contribution in [0.4, 0.5) is 4.39 Å². The molecule has 0 aliphatic rings. The number of benzene rings is 1. The summed E-state index contributed by atoms with van der Waals surface area (Å²) in [5.74, 6) is -0.225. The zero-order valence-electron chi connectivity index (χ0n) is 8.63. The van der Waals surface area contributed by atoms with Crippen molar-refractivity contribution in [2.75, 3.05) is 0 Å². The second-order valence-corrected chi connectivity index (χ2v) is 3.99. The first-order valence-corrected chi connectivity index (χ1v) is 4.62. The van der Waals surface area contributed by atoms with Crippen LogP contribution in [0.3, 0.4) is 0 Å². The highest BCUT2D eigenvalue weighted by molar-refractivity contribution is 5.27. The van der Waals surface area contributed by atoms with Gasteiger partial charge in [0.05, 0.1) is 0 Å². The maximum absolute atomic E-state index is 12.7. The van der Waals surface area contributed by atoms with Crippen LogP contribution in [-0.2, 0) is 5.41 Å². The average Bonchev–Trinajstić information content (AvgIpc) is 2.17. The van der Waals surface area contributed by atoms with Crippen molar-refractivity contribution in [3.8, 4) is 0 Å². The summed E-state index contributed by atoms with van der Waals surface area (Å²) in [6, 6.07) is 6.30. The maximum Gasteiger partial charge on any atom is 0.123 e. The number of hydrogen-bond donors (Lipinski definition) is 1. The van der Waals surface area contributed by atoms with E-state index >= 15 is 0 Å². The van der Waals surface area contributed by atoms with Gasteiger partial charge in [0.1, 0.15) is 5.82 Å². The zero-order chi connectivity index (χ0) is 10.8. The topological polar surface area (TPSA) is 26.0 Å². The van der Waals surface area contributed by atoms with Gasteiger partial charge in [0.25, 0.3) is 0 Å². The predicted octanol–water partition coefficient (Wildman–Crippen LogP) is 2.62. The molecule has 1 aromatic carbocycles. The molecule has 2 N–H and O–H groups in total. The SMILES string of the molecule is C=CC(N)C(C)(C)c1ccc(F)cc1. The minimum Gasteiger partial charge on any atom is -0.324 e. The molecule has 0 amide bonds. The van der Waals surface area contributed by atoms with E-state index in [1.54, 1.807) is 18.2 Å². The third-order valence-electron chi connectivity index (χ3n) is 2.68. The van der Waals surface area contributed by atoms with Crippen molar-refractivity contribution in [2.24, 2.45) is 5.73 Å². The zero-order valence-corrected chi connectivity index (χ0v) is 8.63. The summed E-state index contributed by atoms with van der Waals surface area (Å²) in [4.78, 5) is 0. The first kappa shape index (κ1) is 10.9. The van der Waals surface area contributed by atoms with Gasteiger partial charge in [-0.05, 0) is 17.7 Å². The van der Waals surface area contributed by atoms with E-state index in [0.717, 1.165) is 5.56 Å². The van der Waals surface area contributed by atoms with Gasteiger partial charge >= 0.3 is 0 Å². The van der Waals surface area contributed by atoms with Crippen LogP contribution in [0.25, 0.3) is 0 Å². The number of halogens is 1. The molecule has 1 unspecified atom stereocenters. The van der Waals surface area contributed by atoms with E-state index in [1.165, 1.54) is 12.1 Å². The van der Waals surface area contributed by atoms with Crippen LogP contribution in [0.1, 0.15) is 19.4 Å². The molecule has 2 heteroatoms. The monoisotopic (exact) mass is 193 g/mol. The summed E-state index contributed by atoms with van der Waals surface area (Å²) in [6.07, 6.45) is 1.71. The van der Waals surface area contributed by atoms with Crippen molar-refractivity contribution in [3.63, 3.8) is 0 Å². The minimum absolute atomic E-state index is 0.132. The van der Waals surface area contributed by atoms with E-state index in [1.807, 2.05) is 13.8 Å². The molecule has 0 spiro atoms. The van der Waals surface area contributed by atoms with Gasteiger partial charge in [0.2, 0.25) is 0 Å². The smallest absolute Gasteiger partial charge is 0.123 e. The van der Waals surface area contributed by atoms with Crippen LogP contribution in [0.15, 0.2) is 36.9 Å². The lowest BCUT2D eigenvalue weighted by Gasteiger charge is -2.30. The Kier molecular flexibility index (Phi) is 3.06. The van der Waals surface area contributed by atoms with Gasteiger partial charge in [-0.2, -0.15) is 0 Å². The van der Waals surface area contributed by atoms with Crippen LogP contribution >= 0.6 is 0 Å². The molecule has 14 heavy (non-hydrogen) atoms. The molecule has 0 aliphatic carbocycles. The highest BCUT2D eigenvalue weighted by Crippen LogP contribution is 2.26. The van der Waals surface area contributed by atoms with Gasteiger partial charge in [-0.1, -0.05) is 32.1 Å². The summed E-state index contributed by atoms with van der Waals surface area (Å²) in [5, 5.41) is 0. The molecule has 0 aliphatic heterocycles. The Hall–Kier alpha value is -1.15. The normalized spacial score (nSPS) is 13.7. The van der Waals surface area contributed by atoms with Crippen molar-refractivity contribution < 1.29 is 4.39 Å². The fraction of sp³-hybridized carbons (Fsp3) is 0.333. The van der Waals surface area contributed by atoms with E-state index < -0.39 is 0 Å². The van der Waals surface area contributed by atoms with Gasteiger partial charge in [0.15, 0.2) is 0 Å². The Bertz CT molecular complexity index is 314. The summed E-state index contributed by atoms with van der Waals surface area (Å²) in [5.41, 5.74) is 6.72. The van der Waals surface area contributed by atoms with E-state index in [-0.39, 0.29) is 17.3 Å². The highest BCUT2D eigenvalue weighted by Gasteiger charge is 2.26. The van der Waals surface area contributed by atoms with Crippen molar-refractivity contribution in [2.45, 2.75) is 25.3 Å². The lowest BCUT2D eigenvalue weighted by Crippen LogP contribution is -2.39. The first-order chi connectivity index (χ1) is 6.48. The highest BCUT2D eigenvalue weighted by atomic mass is 19.1. The average molecular weight is 193 g/mol. The summed E-state index contributed by atoms with van der Waals surface area (Å²) < 4.78 is 12.7. The van der Waals surface area contributed by atoms with Crippen LogP contribution in [0, 0.1) is 5.82 Å². The largest absolute Gasteiger partial charge is 0.324 e. The summed E-state index contributed by atoms with van der Waals surface area (Å²) >= 11 is 0. The van der Waals surface area contributed by atoms with Gasteiger partial charge in [-0.15, -0.1) is 6.58 Å². The Morgan fingerprint density at radius 1 is 1.36 bits per heavy atom. The maximum atomic E-state index is 12.7. The van der Waals surface area contributed by atoms with Gasteiger partial charge in [0, 0.05) is 11.5 Å². The van der Waals surface area contributed by atoms with Crippen LogP contribution in [-0.4, -0.2) is 6.04 Å². The Balaban J connectivity index is 3.03. The molecule has 1 rings (SSSR count). The third-order valence-corrected chi connectivity index (χ3v) is 2.68. The molecule has 1 aromatic rings. The number of rotatable bonds is 3. The Labute approximate surface area is 84.4 Å². The molecule has 0 aromatic heterocycles. The predicted molar refractivity (Wildman–Crippen MR) is 57.6 cm³/mol. The Morgan fingerprint density at radius 2 is 1.86 bits per heavy atom. The molecular formula is C12H16FN. The van der Waals surface area contributed by atoms with Crippen LogP contribution in [0.2, 0.25) is 0 Å². The van der Waals surface area contributed by atoms with Crippen molar-refractivity contribution in [1.82, 2.24) is 0 Å². The van der Waals surface area contributed by atoms with Crippen LogP contribution < -0.4 is 5.73 Å². The Morgan fingerprint density at radius 3 is 2.29 bits per heavy atom. The van der Waals surface area contributed by atoms with Gasteiger partial charge in [-0.25, -0.2) is 4.39 Å². The molecule has 0 radical (unpaired) electrons. The van der Waals surface area contributed by atoms with Crippen molar-refractivity contribution in [1.29, 1.82) is 0 Å². The van der Waals surface area contributed by atoms with E-state index in [9.17, 15) is 4.39 Å². The number of nitrogens with two attached hydrogens (primary N) is 1. The summed E-state index contributed by atoms with van der Waals surface area (Å²) in [6.45, 7) is 7.71. The molecule has 0 heterocycles. The fourth-order valence-electron chi connectivity index (χ4n) is 1.37. The van der Waals surface area contributed by atoms with E-state index in [2.05, 4.69) is 6.58 Å². The third kappa shape index (κ3) is 2.02. The molecule has 1 nitrogen and oxygen atoms in total. The lowest BCUT2D eigenvalue weighted by molar-refractivity contribution is 0.466. The molecule has 0 bridgehead atoms. The molecular weight excluding hydrogens is 177 g/mol. The number of hydrogen-bond acceptors (Lipinski definition) is 1. The first-order valence-electron chi connectivity index (χ1n) is 4.62. The second-order valence-electron chi connectivity index (χ2n) is 3.99. The lowest BCUT2D eigenvalue weighted by atomic mass is 9.78. The molecule has 76 valence electrons. The van der Waals surface area contributed by atoms with E-state index in [0.29, 0.717) is 0 Å². The molecule has 1 atom stereocenters.